The molecule has 2 aliphatic heterocycles. The lowest BCUT2D eigenvalue weighted by atomic mass is 10.0. The topological polar surface area (TPSA) is 540 Å². The van der Waals surface area contributed by atoms with Crippen molar-refractivity contribution in [2.45, 2.75) is 165 Å². The number of hydrogen-bond donors (Lipinski definition) is 17. The minimum absolute atomic E-state index is 0.0176. The third kappa shape index (κ3) is 34.5. The van der Waals surface area contributed by atoms with E-state index in [1.807, 2.05) is 0 Å². The summed E-state index contributed by atoms with van der Waals surface area (Å²) in [6, 6.07) is -4.06. The first-order chi connectivity index (χ1) is 47.0. The molecule has 36 nitrogen and oxygen atoms in total. The fourth-order valence-corrected chi connectivity index (χ4v) is 10.9. The molecule has 556 valence electrons. The number of hydrogen-bond acceptors (Lipinski definition) is 21. The molecule has 0 aliphatic carbocycles. The number of carboxylic acid groups (broad SMARTS) is 4. The van der Waals surface area contributed by atoms with Crippen LogP contribution in [0.5, 0.6) is 5.75 Å². The van der Waals surface area contributed by atoms with Gasteiger partial charge in [0.25, 0.3) is 0 Å². The van der Waals surface area contributed by atoms with Gasteiger partial charge in [0.2, 0.25) is 53.2 Å². The maximum Gasteiger partial charge on any atom is 0.325 e. The summed E-state index contributed by atoms with van der Waals surface area (Å²) in [7, 11) is 0. The molecule has 0 radical (unpaired) electrons. The molecule has 99 heavy (non-hydrogen) atoms. The highest BCUT2D eigenvalue weighted by atomic mass is 16.4. The van der Waals surface area contributed by atoms with E-state index in [1.54, 1.807) is 19.6 Å². The number of guanidine groups is 1. The van der Waals surface area contributed by atoms with Crippen LogP contribution in [-0.2, 0) is 68.7 Å². The molecule has 0 unspecified atom stereocenters. The van der Waals surface area contributed by atoms with Crippen LogP contribution in [-0.4, -0.2) is 303 Å². The number of benzene rings is 1. The average Bonchev–Trinajstić information content (AvgIpc) is 1.74. The normalized spacial score (nSPS) is 17.2. The summed E-state index contributed by atoms with van der Waals surface area (Å²) in [5.41, 5.74) is 11.4. The van der Waals surface area contributed by atoms with E-state index in [0.717, 1.165) is 38.5 Å². The van der Waals surface area contributed by atoms with E-state index in [4.69, 9.17) is 11.5 Å². The summed E-state index contributed by atoms with van der Waals surface area (Å²) in [5, 5.41) is 88.4. The Labute approximate surface area is 575 Å². The van der Waals surface area contributed by atoms with E-state index < -0.39 is 126 Å². The fraction of sp³-hybridized carbons (Fsp3) is 0.683. The monoisotopic (exact) mass is 1400 g/mol. The minimum Gasteiger partial charge on any atom is -0.508 e. The molecule has 2 heterocycles. The number of nitrogens with one attached hydrogen (secondary N) is 8. The van der Waals surface area contributed by atoms with Crippen molar-refractivity contribution in [2.24, 2.45) is 16.5 Å². The van der Waals surface area contributed by atoms with Gasteiger partial charge in [0, 0.05) is 84.8 Å². The van der Waals surface area contributed by atoms with Gasteiger partial charge in [-0.15, -0.1) is 0 Å². The van der Waals surface area contributed by atoms with Gasteiger partial charge in [-0.05, 0) is 77.0 Å². The van der Waals surface area contributed by atoms with Crippen molar-refractivity contribution >= 4 is 83.0 Å². The standard InChI is InChI=1S/C63H104N16O20/c1-40(56(92)74-55(42(3)81)60(96)70-41(2)62(98)99)69-59(95)48-16-14-24-79(48)61(97)46(33-43-18-20-44(82)21-19-43)72-58(94)47(39-80)73-57(93)45(15-13-23-67-63(64)65)71-49(83)17-11-9-7-5-4-6-8-10-12-22-66-50(84)34-68-51(85)35-75-25-27-76(36-52(86)87)29-31-78(38-54(90)91)32-30-77(28-26-75)37-53(88)89/h18-21,40-42,45-48,55,80-82H,4-17,22-39H2,1-3H3,(H,66,84)(H,68,85)(H,69,95)(H,70,96)(H,71,83)(H,72,94)(H,73,93)(H,74,92)(H,86,87)(H,88,89)(H,90,91)(H,98,99)(H4,64,65,67)/t40-,41-,42+,45-,46-,47-,48-,55-/m0/s1. The second-order valence-corrected chi connectivity index (χ2v) is 24.8. The zero-order valence-electron chi connectivity index (χ0n) is 56.8. The third-order valence-corrected chi connectivity index (χ3v) is 16.5. The lowest BCUT2D eigenvalue weighted by Crippen LogP contribution is -2.60. The molecule has 0 saturated carbocycles. The van der Waals surface area contributed by atoms with Crippen LogP contribution in [0.25, 0.3) is 0 Å². The molecule has 8 atom stereocenters. The summed E-state index contributed by atoms with van der Waals surface area (Å²) < 4.78 is 0. The molecule has 0 aromatic heterocycles. The van der Waals surface area contributed by atoms with Crippen LogP contribution in [0.2, 0.25) is 0 Å². The lowest BCUT2D eigenvalue weighted by molar-refractivity contribution is -0.143. The predicted octanol–water partition coefficient (Wildman–Crippen LogP) is -5.01. The van der Waals surface area contributed by atoms with E-state index in [2.05, 4.69) is 47.5 Å². The smallest absolute Gasteiger partial charge is 0.325 e. The highest BCUT2D eigenvalue weighted by Crippen LogP contribution is 2.21. The number of aliphatic hydroxyl groups is 2. The number of likely N-dealkylation sites (tertiary alicyclic amines) is 1. The van der Waals surface area contributed by atoms with Crippen molar-refractivity contribution in [3.8, 4) is 5.75 Å². The first-order valence-corrected chi connectivity index (χ1v) is 33.5. The number of unbranched alkanes of at least 4 members (excludes halogenated alkanes) is 8. The number of aliphatic hydroxyl groups excluding tert-OH is 2. The number of aromatic hydroxyl groups is 1. The number of carbonyl (C=O) groups excluding carboxylic acids is 9. The zero-order valence-corrected chi connectivity index (χ0v) is 56.8. The van der Waals surface area contributed by atoms with Gasteiger partial charge in [0.15, 0.2) is 5.96 Å². The van der Waals surface area contributed by atoms with Crippen LogP contribution in [0.1, 0.15) is 116 Å². The summed E-state index contributed by atoms with van der Waals surface area (Å²) in [6.45, 7) is 3.85. The maximum absolute atomic E-state index is 14.5. The number of phenols is 1. The maximum atomic E-state index is 14.5. The summed E-state index contributed by atoms with van der Waals surface area (Å²) in [6.07, 6.45) is 6.35. The number of nitrogens with zero attached hydrogens (tertiary/aromatic N) is 6. The van der Waals surface area contributed by atoms with Crippen molar-refractivity contribution in [3.63, 3.8) is 0 Å². The Balaban J connectivity index is 1.48. The number of carbonyl (C=O) groups is 13. The van der Waals surface area contributed by atoms with E-state index in [0.29, 0.717) is 37.8 Å². The number of aliphatic imine (C=N–C) groups is 1. The van der Waals surface area contributed by atoms with Gasteiger partial charge in [-0.3, -0.25) is 86.9 Å². The highest BCUT2D eigenvalue weighted by molar-refractivity contribution is 5.98. The molecule has 2 fully saturated rings. The summed E-state index contributed by atoms with van der Waals surface area (Å²) in [4.78, 5) is 179. The number of amides is 9. The number of rotatable bonds is 43. The van der Waals surface area contributed by atoms with Crippen LogP contribution in [0.3, 0.4) is 0 Å². The zero-order chi connectivity index (χ0) is 73.6. The van der Waals surface area contributed by atoms with Crippen molar-refractivity contribution in [1.82, 2.24) is 67.0 Å². The molecular formula is C63H104N16O20. The number of aliphatic carboxylic acids is 4. The summed E-state index contributed by atoms with van der Waals surface area (Å²) in [5.74, 6) is -11.4. The van der Waals surface area contributed by atoms with Gasteiger partial charge < -0.3 is 94.6 Å². The third-order valence-electron chi connectivity index (χ3n) is 16.5. The molecule has 36 heteroatoms. The van der Waals surface area contributed by atoms with Crippen molar-refractivity contribution in [1.29, 1.82) is 0 Å². The fourth-order valence-electron chi connectivity index (χ4n) is 10.9. The van der Waals surface area contributed by atoms with Gasteiger partial charge in [-0.2, -0.15) is 0 Å². The van der Waals surface area contributed by atoms with Gasteiger partial charge in [-0.1, -0.05) is 57.1 Å². The Morgan fingerprint density at radius 1 is 0.535 bits per heavy atom. The molecule has 9 amide bonds. The summed E-state index contributed by atoms with van der Waals surface area (Å²) >= 11 is 0. The number of carboxylic acids is 4. The predicted molar refractivity (Wildman–Crippen MR) is 357 cm³/mol. The quantitative estimate of drug-likeness (QED) is 0.0165. The second-order valence-electron chi connectivity index (χ2n) is 24.8. The van der Waals surface area contributed by atoms with Crippen molar-refractivity contribution in [3.05, 3.63) is 29.8 Å². The first kappa shape index (κ1) is 84.4. The van der Waals surface area contributed by atoms with Crippen LogP contribution in [0, 0.1) is 0 Å². The average molecular weight is 1410 g/mol. The van der Waals surface area contributed by atoms with Gasteiger partial charge in [-0.25, -0.2) is 0 Å². The van der Waals surface area contributed by atoms with Crippen LogP contribution >= 0.6 is 0 Å². The van der Waals surface area contributed by atoms with E-state index in [-0.39, 0.29) is 148 Å². The molecule has 19 N–H and O–H groups in total. The Morgan fingerprint density at radius 2 is 1.04 bits per heavy atom. The Bertz CT molecular complexity index is 2820. The molecule has 1 aromatic carbocycles. The van der Waals surface area contributed by atoms with Gasteiger partial charge in [0.1, 0.15) is 48.0 Å². The van der Waals surface area contributed by atoms with E-state index >= 15 is 0 Å². The van der Waals surface area contributed by atoms with Crippen LogP contribution in [0.4, 0.5) is 0 Å². The van der Waals surface area contributed by atoms with Crippen LogP contribution < -0.4 is 54.0 Å². The minimum atomic E-state index is -1.66. The molecule has 2 saturated heterocycles. The van der Waals surface area contributed by atoms with Gasteiger partial charge >= 0.3 is 23.9 Å². The molecule has 2 aliphatic rings. The molecule has 0 spiro atoms. The molecule has 1 aromatic rings. The number of nitrogens with two attached hydrogens (primary N) is 2. The Kier molecular flexibility index (Phi) is 38.9. The van der Waals surface area contributed by atoms with E-state index in [9.17, 15) is 98.1 Å². The first-order valence-electron chi connectivity index (χ1n) is 33.5. The lowest BCUT2D eigenvalue weighted by Gasteiger charge is -2.32. The number of phenolic OH excluding ortho intramolecular Hbond substituents is 1. The molecule has 0 bridgehead atoms. The SMILES string of the molecule is C[C@H](NC(=O)[C@@H](NC(=O)[C@H](C)NC(=O)[C@@H]1CCCN1C(=O)[C@H](Cc1ccc(O)cc1)NC(=O)[C@H](CO)NC(=O)[C@H](CCCN=C(N)N)NC(=O)CCCCCCCCCCCNC(=O)CNC(=O)CN1CCN(CC(=O)O)CCN(CC(=O)O)CCN(CC(=O)O)CC1)[C@@H](C)O)C(=O)O. The Hall–Kier alpha value is -8.84. The largest absolute Gasteiger partial charge is 0.508 e. The van der Waals surface area contributed by atoms with E-state index in [1.165, 1.54) is 49.9 Å². The molecule has 3 rings (SSSR count). The van der Waals surface area contributed by atoms with Crippen LogP contribution in [0.15, 0.2) is 29.3 Å². The van der Waals surface area contributed by atoms with Gasteiger partial charge in [0.05, 0.1) is 45.4 Å². The molecular weight excluding hydrogens is 1300 g/mol. The Morgan fingerprint density at radius 3 is 1.55 bits per heavy atom. The highest BCUT2D eigenvalue weighted by Gasteiger charge is 2.40. The second kappa shape index (κ2) is 45.7. The van der Waals surface area contributed by atoms with Crippen molar-refractivity contribution in [2.75, 3.05) is 111 Å². The van der Waals surface area contributed by atoms with Crippen molar-refractivity contribution < 1.29 is 98.1 Å².